The van der Waals surface area contributed by atoms with Crippen molar-refractivity contribution in [3.8, 4) is 0 Å². The quantitative estimate of drug-likeness (QED) is 0.353. The Morgan fingerprint density at radius 3 is 2.14 bits per heavy atom. The molecule has 0 aliphatic heterocycles. The number of hydrogen-bond donors (Lipinski definition) is 1. The number of rotatable bonds is 5. The van der Waals surface area contributed by atoms with Gasteiger partial charge in [0.1, 0.15) is 11.7 Å². The van der Waals surface area contributed by atoms with Gasteiger partial charge in [-0.25, -0.2) is 13.2 Å². The van der Waals surface area contributed by atoms with E-state index in [9.17, 15) is 44.3 Å². The molecule has 3 rings (SSSR count). The molecule has 1 N–H and O–H groups in total. The van der Waals surface area contributed by atoms with Crippen molar-refractivity contribution in [3.63, 3.8) is 0 Å². The molecule has 13 heteroatoms. The Balaban J connectivity index is 1.94. The second-order valence-corrected chi connectivity index (χ2v) is 9.38. The van der Waals surface area contributed by atoms with Crippen LogP contribution in [0.1, 0.15) is 58.6 Å². The Hall–Kier alpha value is -2.40. The molecular formula is C24H18Cl2F9NO. The average molecular weight is 578 g/mol. The molecule has 1 saturated carbocycles. The van der Waals surface area contributed by atoms with E-state index < -0.39 is 77.1 Å². The van der Waals surface area contributed by atoms with Crippen molar-refractivity contribution in [2.45, 2.75) is 55.9 Å². The lowest BCUT2D eigenvalue weighted by Crippen LogP contribution is -2.40. The van der Waals surface area contributed by atoms with Gasteiger partial charge in [0, 0.05) is 24.4 Å². The van der Waals surface area contributed by atoms with Crippen LogP contribution in [0, 0.1) is 0 Å². The van der Waals surface area contributed by atoms with Gasteiger partial charge in [0.05, 0.1) is 21.2 Å². The topological polar surface area (TPSA) is 29.1 Å². The minimum absolute atomic E-state index is 0.0542. The maximum Gasteiger partial charge on any atom is 0.417 e. The van der Waals surface area contributed by atoms with Gasteiger partial charge in [-0.3, -0.25) is 4.79 Å². The summed E-state index contributed by atoms with van der Waals surface area (Å²) in [6.45, 7) is 0. The fourth-order valence-electron chi connectivity index (χ4n) is 3.90. The molecule has 1 amide bonds. The minimum Gasteiger partial charge on any atom is -0.349 e. The number of benzene rings is 2. The summed E-state index contributed by atoms with van der Waals surface area (Å²) in [5.74, 6) is -8.33. The molecule has 202 valence electrons. The SMILES string of the molecule is O=C(NC1CCC(F)(F)CC1)c1ccc(/C(F)=C/C(c2ccc(Cl)c(Cl)c2)C(F)(F)F)cc1C(F)(F)F. The zero-order chi connectivity index (χ0) is 27.8. The number of hydrogen-bond acceptors (Lipinski definition) is 1. The third kappa shape index (κ3) is 7.34. The van der Waals surface area contributed by atoms with E-state index in [4.69, 9.17) is 23.2 Å². The van der Waals surface area contributed by atoms with E-state index >= 15 is 0 Å². The van der Waals surface area contributed by atoms with Crippen LogP contribution in [0.25, 0.3) is 5.83 Å². The molecule has 37 heavy (non-hydrogen) atoms. The molecule has 0 saturated heterocycles. The maximum atomic E-state index is 14.9. The summed E-state index contributed by atoms with van der Waals surface area (Å²) in [6, 6.07) is 3.66. The second kappa shape index (κ2) is 10.8. The summed E-state index contributed by atoms with van der Waals surface area (Å²) >= 11 is 11.5. The van der Waals surface area contributed by atoms with Crippen molar-refractivity contribution in [3.05, 3.63) is 74.8 Å². The van der Waals surface area contributed by atoms with Gasteiger partial charge in [0.25, 0.3) is 5.91 Å². The lowest BCUT2D eigenvalue weighted by Gasteiger charge is -2.29. The standard InChI is InChI=1S/C24H18Cl2F9NO/c25-18-4-2-12(10-19(18)26)16(23(30,31)32)11-20(27)13-1-3-15(17(9-13)24(33,34)35)21(37)36-14-5-7-22(28,29)8-6-14/h1-4,9-11,14,16H,5-8H2,(H,36,37)/b20-11-. The van der Waals surface area contributed by atoms with Crippen molar-refractivity contribution < 1.29 is 44.3 Å². The van der Waals surface area contributed by atoms with Crippen LogP contribution in [0.4, 0.5) is 39.5 Å². The lowest BCUT2D eigenvalue weighted by atomic mass is 9.91. The number of nitrogens with one attached hydrogen (secondary N) is 1. The number of halogens is 11. The van der Waals surface area contributed by atoms with E-state index in [1.165, 1.54) is 0 Å². The van der Waals surface area contributed by atoms with Crippen molar-refractivity contribution in [1.82, 2.24) is 5.32 Å². The molecule has 2 nitrogen and oxygen atoms in total. The molecule has 2 aromatic carbocycles. The highest BCUT2D eigenvalue weighted by Gasteiger charge is 2.41. The van der Waals surface area contributed by atoms with E-state index in [0.29, 0.717) is 6.07 Å². The lowest BCUT2D eigenvalue weighted by molar-refractivity contribution is -0.140. The number of carbonyl (C=O) groups is 1. The first-order valence-corrected chi connectivity index (χ1v) is 11.5. The third-order valence-corrected chi connectivity index (χ3v) is 6.61. The van der Waals surface area contributed by atoms with Gasteiger partial charge in [0.15, 0.2) is 0 Å². The van der Waals surface area contributed by atoms with Crippen LogP contribution in [0.2, 0.25) is 10.0 Å². The Morgan fingerprint density at radius 1 is 0.973 bits per heavy atom. The maximum absolute atomic E-state index is 14.9. The highest BCUT2D eigenvalue weighted by Crippen LogP contribution is 2.41. The molecule has 0 radical (unpaired) electrons. The number of amides is 1. The van der Waals surface area contributed by atoms with Crippen molar-refractivity contribution in [2.75, 3.05) is 0 Å². The van der Waals surface area contributed by atoms with Crippen molar-refractivity contribution in [1.29, 1.82) is 0 Å². The number of alkyl halides is 8. The van der Waals surface area contributed by atoms with Crippen LogP contribution >= 0.6 is 23.2 Å². The number of carbonyl (C=O) groups excluding carboxylic acids is 1. The third-order valence-electron chi connectivity index (χ3n) is 5.87. The highest BCUT2D eigenvalue weighted by molar-refractivity contribution is 6.42. The van der Waals surface area contributed by atoms with Gasteiger partial charge in [-0.1, -0.05) is 35.3 Å². The molecule has 2 aromatic rings. The molecule has 0 heterocycles. The molecule has 0 spiro atoms. The van der Waals surface area contributed by atoms with Crippen LogP contribution < -0.4 is 5.32 Å². The predicted molar refractivity (Wildman–Crippen MR) is 120 cm³/mol. The normalized spacial score (nSPS) is 18.0. The molecule has 1 atom stereocenters. The first kappa shape index (κ1) is 29.2. The summed E-state index contributed by atoms with van der Waals surface area (Å²) in [5.41, 5.74) is -3.86. The average Bonchev–Trinajstić information content (AvgIpc) is 2.79. The number of allylic oxidation sites excluding steroid dienone is 1. The van der Waals surface area contributed by atoms with E-state index in [-0.39, 0.29) is 35.0 Å². The zero-order valence-corrected chi connectivity index (χ0v) is 20.1. The van der Waals surface area contributed by atoms with Crippen LogP contribution in [0.5, 0.6) is 0 Å². The van der Waals surface area contributed by atoms with Gasteiger partial charge in [-0.2, -0.15) is 26.3 Å². The first-order valence-electron chi connectivity index (χ1n) is 10.8. The predicted octanol–water partition coefficient (Wildman–Crippen LogP) is 8.98. The van der Waals surface area contributed by atoms with Gasteiger partial charge >= 0.3 is 12.4 Å². The van der Waals surface area contributed by atoms with Gasteiger partial charge < -0.3 is 5.32 Å². The van der Waals surface area contributed by atoms with Gasteiger partial charge in [-0.05, 0) is 48.7 Å². The van der Waals surface area contributed by atoms with Gasteiger partial charge in [0.2, 0.25) is 5.92 Å². The Kier molecular flexibility index (Phi) is 8.48. The molecule has 1 aliphatic carbocycles. The Labute approximate surface area is 215 Å². The second-order valence-electron chi connectivity index (χ2n) is 8.57. The molecule has 0 aromatic heterocycles. The van der Waals surface area contributed by atoms with Crippen molar-refractivity contribution in [2.24, 2.45) is 0 Å². The van der Waals surface area contributed by atoms with E-state index in [0.717, 1.165) is 24.3 Å². The Morgan fingerprint density at radius 2 is 1.59 bits per heavy atom. The summed E-state index contributed by atoms with van der Waals surface area (Å²) in [4.78, 5) is 12.5. The summed E-state index contributed by atoms with van der Waals surface area (Å²) < 4.78 is 124. The largest absolute Gasteiger partial charge is 0.417 e. The summed E-state index contributed by atoms with van der Waals surface area (Å²) in [6.07, 6.45) is -11.5. The monoisotopic (exact) mass is 577 g/mol. The van der Waals surface area contributed by atoms with Crippen molar-refractivity contribution >= 4 is 34.9 Å². The highest BCUT2D eigenvalue weighted by atomic mass is 35.5. The van der Waals surface area contributed by atoms with E-state index in [2.05, 4.69) is 5.32 Å². The smallest absolute Gasteiger partial charge is 0.349 e. The van der Waals surface area contributed by atoms with Gasteiger partial charge in [-0.15, -0.1) is 0 Å². The minimum atomic E-state index is -5.17. The molecule has 1 unspecified atom stereocenters. The molecule has 1 fully saturated rings. The first-order chi connectivity index (χ1) is 17.0. The van der Waals surface area contributed by atoms with Crippen LogP contribution in [0.3, 0.4) is 0 Å². The zero-order valence-electron chi connectivity index (χ0n) is 18.6. The van der Waals surface area contributed by atoms with E-state index in [1.807, 2.05) is 0 Å². The van der Waals surface area contributed by atoms with Crippen LogP contribution in [-0.4, -0.2) is 24.0 Å². The fraction of sp³-hybridized carbons (Fsp3) is 0.375. The van der Waals surface area contributed by atoms with Crippen LogP contribution in [0.15, 0.2) is 42.5 Å². The Bertz CT molecular complexity index is 1180. The molecular weight excluding hydrogens is 560 g/mol. The van der Waals surface area contributed by atoms with E-state index in [1.54, 1.807) is 0 Å². The fourth-order valence-corrected chi connectivity index (χ4v) is 4.21. The molecule has 0 bridgehead atoms. The molecule has 1 aliphatic rings. The summed E-state index contributed by atoms with van der Waals surface area (Å²) in [5, 5.41) is 1.97. The van der Waals surface area contributed by atoms with Crippen LogP contribution in [-0.2, 0) is 6.18 Å². The summed E-state index contributed by atoms with van der Waals surface area (Å²) in [7, 11) is 0.